The lowest BCUT2D eigenvalue weighted by molar-refractivity contribution is 0.242. The van der Waals surface area contributed by atoms with Gasteiger partial charge in [0.25, 0.3) is 0 Å². The van der Waals surface area contributed by atoms with Crippen molar-refractivity contribution in [3.8, 4) is 0 Å². The highest BCUT2D eigenvalue weighted by Gasteiger charge is 2.16. The van der Waals surface area contributed by atoms with Crippen molar-refractivity contribution in [3.05, 3.63) is 46.9 Å². The van der Waals surface area contributed by atoms with Gasteiger partial charge in [0.1, 0.15) is 0 Å². The standard InChI is InChI=1S/C15H26N2S.C3H6/c1-5-7-15(13(3)18-12-6-2)16-14-8-10-17(4)11-9-14;1-3-2/h5-7,12,14,16H,8-11H2,1-4H3;3H,1H2,2H3/b7-5-,12-6+,15-13-;. The number of hydrogen-bond donors (Lipinski definition) is 1. The van der Waals surface area contributed by atoms with Crippen molar-refractivity contribution in [2.75, 3.05) is 20.1 Å². The predicted molar refractivity (Wildman–Crippen MR) is 99.4 cm³/mol. The molecule has 0 amide bonds. The minimum Gasteiger partial charge on any atom is -0.382 e. The molecule has 0 saturated carbocycles. The first kappa shape index (κ1) is 20.1. The van der Waals surface area contributed by atoms with Crippen molar-refractivity contribution in [1.29, 1.82) is 0 Å². The van der Waals surface area contributed by atoms with Crippen molar-refractivity contribution in [1.82, 2.24) is 10.2 Å². The maximum absolute atomic E-state index is 3.70. The summed E-state index contributed by atoms with van der Waals surface area (Å²) in [5, 5.41) is 5.83. The third kappa shape index (κ3) is 9.59. The van der Waals surface area contributed by atoms with Crippen LogP contribution in [-0.4, -0.2) is 31.1 Å². The van der Waals surface area contributed by atoms with Crippen LogP contribution in [0.25, 0.3) is 0 Å². The molecule has 1 aliphatic rings. The van der Waals surface area contributed by atoms with Gasteiger partial charge in [0.05, 0.1) is 0 Å². The van der Waals surface area contributed by atoms with Gasteiger partial charge < -0.3 is 10.2 Å². The molecule has 0 spiro atoms. The minimum atomic E-state index is 0.619. The fourth-order valence-electron chi connectivity index (χ4n) is 2.04. The Morgan fingerprint density at radius 2 is 1.76 bits per heavy atom. The molecule has 3 heteroatoms. The van der Waals surface area contributed by atoms with Gasteiger partial charge in [-0.05, 0) is 72.2 Å². The molecular weight excluding hydrogens is 276 g/mol. The van der Waals surface area contributed by atoms with Crippen molar-refractivity contribution in [2.24, 2.45) is 0 Å². The first-order valence-corrected chi connectivity index (χ1v) is 8.60. The van der Waals surface area contributed by atoms with Gasteiger partial charge in [0, 0.05) is 16.6 Å². The minimum absolute atomic E-state index is 0.619. The third-order valence-electron chi connectivity index (χ3n) is 3.17. The SMILES string of the molecule is C/C=C\C(NC1CCN(C)CC1)=C(/C)S/C=C/C.C=CC. The Hall–Kier alpha value is -0.930. The molecule has 0 atom stereocenters. The molecule has 0 unspecified atom stereocenters. The van der Waals surface area contributed by atoms with Crippen LogP contribution in [-0.2, 0) is 0 Å². The highest BCUT2D eigenvalue weighted by atomic mass is 32.2. The average Bonchev–Trinajstić information content (AvgIpc) is 2.47. The topological polar surface area (TPSA) is 15.3 Å². The first-order chi connectivity index (χ1) is 10.1. The number of likely N-dealkylation sites (tertiary alicyclic amines) is 1. The van der Waals surface area contributed by atoms with Gasteiger partial charge in [-0.3, -0.25) is 0 Å². The van der Waals surface area contributed by atoms with Crippen LogP contribution in [0.3, 0.4) is 0 Å². The molecular formula is C18H32N2S. The monoisotopic (exact) mass is 308 g/mol. The zero-order chi connectivity index (χ0) is 16.1. The van der Waals surface area contributed by atoms with Gasteiger partial charge in [-0.25, -0.2) is 0 Å². The van der Waals surface area contributed by atoms with Crippen LogP contribution in [0.15, 0.2) is 46.9 Å². The molecule has 1 aliphatic heterocycles. The summed E-state index contributed by atoms with van der Waals surface area (Å²) < 4.78 is 0. The van der Waals surface area contributed by atoms with E-state index in [1.54, 1.807) is 17.8 Å². The first-order valence-electron chi connectivity index (χ1n) is 7.72. The normalized spacial score (nSPS) is 18.3. The number of nitrogens with zero attached hydrogens (tertiary/aromatic N) is 1. The van der Waals surface area contributed by atoms with E-state index in [0.717, 1.165) is 0 Å². The number of piperidine rings is 1. The van der Waals surface area contributed by atoms with Gasteiger partial charge in [-0.2, -0.15) is 0 Å². The Bertz CT molecular complexity index is 361. The molecule has 0 radical (unpaired) electrons. The van der Waals surface area contributed by atoms with E-state index < -0.39 is 0 Å². The lowest BCUT2D eigenvalue weighted by Crippen LogP contribution is -2.40. The summed E-state index contributed by atoms with van der Waals surface area (Å²) in [7, 11) is 2.20. The van der Waals surface area contributed by atoms with Crippen molar-refractivity contribution in [2.45, 2.75) is 46.6 Å². The molecule has 1 fully saturated rings. The summed E-state index contributed by atoms with van der Waals surface area (Å²) in [6, 6.07) is 0.619. The number of rotatable bonds is 5. The van der Waals surface area contributed by atoms with Crippen LogP contribution in [0.5, 0.6) is 0 Å². The maximum atomic E-state index is 3.70. The fraction of sp³-hybridized carbons (Fsp3) is 0.556. The number of nitrogens with one attached hydrogen (secondary N) is 1. The second-order valence-corrected chi connectivity index (χ2v) is 6.31. The Kier molecular flexibility index (Phi) is 12.2. The molecule has 0 aliphatic carbocycles. The quantitative estimate of drug-likeness (QED) is 0.572. The lowest BCUT2D eigenvalue weighted by Gasteiger charge is -2.30. The molecule has 1 heterocycles. The highest BCUT2D eigenvalue weighted by molar-refractivity contribution is 8.05. The van der Waals surface area contributed by atoms with Crippen LogP contribution >= 0.6 is 11.8 Å². The molecule has 0 bridgehead atoms. The molecule has 0 aromatic carbocycles. The summed E-state index contributed by atoms with van der Waals surface area (Å²) in [5.41, 5.74) is 1.27. The van der Waals surface area contributed by atoms with E-state index in [4.69, 9.17) is 0 Å². The molecule has 21 heavy (non-hydrogen) atoms. The van der Waals surface area contributed by atoms with Gasteiger partial charge in [-0.15, -0.1) is 18.3 Å². The Morgan fingerprint density at radius 1 is 1.19 bits per heavy atom. The zero-order valence-corrected chi connectivity index (χ0v) is 15.2. The zero-order valence-electron chi connectivity index (χ0n) is 14.4. The van der Waals surface area contributed by atoms with E-state index in [1.807, 2.05) is 6.92 Å². The second kappa shape index (κ2) is 12.8. The molecule has 120 valence electrons. The summed E-state index contributed by atoms with van der Waals surface area (Å²) in [6.45, 7) is 14.0. The lowest BCUT2D eigenvalue weighted by atomic mass is 10.1. The van der Waals surface area contributed by atoms with E-state index in [1.165, 1.54) is 36.5 Å². The molecule has 1 N–H and O–H groups in total. The second-order valence-electron chi connectivity index (χ2n) is 5.19. The van der Waals surface area contributed by atoms with E-state index in [0.29, 0.717) is 6.04 Å². The Labute approximate surface area is 136 Å². The summed E-state index contributed by atoms with van der Waals surface area (Å²) in [6.07, 6.45) is 10.6. The number of thioether (sulfide) groups is 1. The Balaban J connectivity index is 0.00000122. The van der Waals surface area contributed by atoms with Crippen LogP contribution in [0, 0.1) is 0 Å². The van der Waals surface area contributed by atoms with Crippen LogP contribution in [0.4, 0.5) is 0 Å². The van der Waals surface area contributed by atoms with Crippen molar-refractivity contribution >= 4 is 11.8 Å². The maximum Gasteiger partial charge on any atom is 0.0436 e. The van der Waals surface area contributed by atoms with Gasteiger partial charge in [0.15, 0.2) is 0 Å². The van der Waals surface area contributed by atoms with Gasteiger partial charge in [-0.1, -0.05) is 18.2 Å². The van der Waals surface area contributed by atoms with Crippen LogP contribution in [0.1, 0.15) is 40.5 Å². The van der Waals surface area contributed by atoms with Crippen molar-refractivity contribution < 1.29 is 0 Å². The highest BCUT2D eigenvalue weighted by Crippen LogP contribution is 2.21. The third-order valence-corrected chi connectivity index (χ3v) is 4.15. The molecule has 1 saturated heterocycles. The summed E-state index contributed by atoms with van der Waals surface area (Å²) >= 11 is 1.79. The van der Waals surface area contributed by atoms with E-state index in [-0.39, 0.29) is 0 Å². The predicted octanol–water partition coefficient (Wildman–Crippen LogP) is 4.94. The molecule has 2 nitrogen and oxygen atoms in total. The van der Waals surface area contributed by atoms with E-state index >= 15 is 0 Å². The van der Waals surface area contributed by atoms with Crippen LogP contribution in [0.2, 0.25) is 0 Å². The molecule has 0 aromatic heterocycles. The summed E-state index contributed by atoms with van der Waals surface area (Å²) in [4.78, 5) is 3.74. The van der Waals surface area contributed by atoms with Crippen molar-refractivity contribution in [3.63, 3.8) is 0 Å². The summed E-state index contributed by atoms with van der Waals surface area (Å²) in [5.74, 6) is 0. The van der Waals surface area contributed by atoms with E-state index in [2.05, 4.69) is 68.3 Å². The van der Waals surface area contributed by atoms with E-state index in [9.17, 15) is 0 Å². The van der Waals surface area contributed by atoms with Gasteiger partial charge in [0.2, 0.25) is 0 Å². The number of allylic oxidation sites excluding steroid dienone is 5. The smallest absolute Gasteiger partial charge is 0.0436 e. The molecule has 1 rings (SSSR count). The number of hydrogen-bond acceptors (Lipinski definition) is 3. The fourth-order valence-corrected chi connectivity index (χ4v) is 2.63. The Morgan fingerprint density at radius 3 is 2.24 bits per heavy atom. The van der Waals surface area contributed by atoms with Crippen LogP contribution < -0.4 is 5.32 Å². The molecule has 0 aromatic rings. The largest absolute Gasteiger partial charge is 0.382 e. The average molecular weight is 309 g/mol. The van der Waals surface area contributed by atoms with Gasteiger partial charge >= 0.3 is 0 Å².